The lowest BCUT2D eigenvalue weighted by atomic mass is 9.96. The van der Waals surface area contributed by atoms with Gasteiger partial charge in [-0.05, 0) is 100 Å². The molecule has 0 unspecified atom stereocenters. The normalized spacial score (nSPS) is 29.5. The number of para-hydroxylation sites is 1. The van der Waals surface area contributed by atoms with Crippen LogP contribution in [0.4, 0.5) is 4.79 Å². The predicted octanol–water partition coefficient (Wildman–Crippen LogP) is 6.18. The molecule has 3 heterocycles. The fourth-order valence-electron chi connectivity index (χ4n) is 10.2. The monoisotopic (exact) mass is 879 g/mol. The highest BCUT2D eigenvalue weighted by Gasteiger charge is 2.62. The number of allylic oxidation sites excluding steroid dienone is 2. The number of nitrogens with one attached hydrogen (secondary N) is 3. The van der Waals surface area contributed by atoms with Crippen molar-refractivity contribution in [3.8, 4) is 11.6 Å². The molecule has 0 radical (unpaired) electrons. The number of aromatic nitrogens is 1. The largest absolute Gasteiger partial charge is 0.488 e. The maximum Gasteiger partial charge on any atom is 0.408 e. The first kappa shape index (κ1) is 42.8. The lowest BCUT2D eigenvalue weighted by Crippen LogP contribution is -2.59. The van der Waals surface area contributed by atoms with Crippen molar-refractivity contribution in [3.05, 3.63) is 90.5 Å². The Balaban J connectivity index is 1.08. The third-order valence-corrected chi connectivity index (χ3v) is 15.8. The first-order chi connectivity index (χ1) is 30.5. The van der Waals surface area contributed by atoms with Crippen LogP contribution in [0.2, 0.25) is 0 Å². The molecule has 1 saturated heterocycles. The van der Waals surface area contributed by atoms with E-state index in [1.165, 1.54) is 11.0 Å². The van der Waals surface area contributed by atoms with Crippen molar-refractivity contribution in [2.24, 2.45) is 17.8 Å². The van der Waals surface area contributed by atoms with E-state index in [0.717, 1.165) is 74.3 Å². The van der Waals surface area contributed by atoms with Crippen molar-refractivity contribution in [1.29, 1.82) is 0 Å². The summed E-state index contributed by atoms with van der Waals surface area (Å²) in [7, 11) is -3.92. The smallest absolute Gasteiger partial charge is 0.408 e. The van der Waals surface area contributed by atoms with Gasteiger partial charge in [-0.25, -0.2) is 18.2 Å². The lowest BCUT2D eigenvalue weighted by Gasteiger charge is -2.32. The van der Waals surface area contributed by atoms with Crippen LogP contribution in [0.1, 0.15) is 94.6 Å². The van der Waals surface area contributed by atoms with Crippen LogP contribution in [0.25, 0.3) is 10.9 Å². The second-order valence-electron chi connectivity index (χ2n) is 18.2. The van der Waals surface area contributed by atoms with E-state index in [-0.39, 0.29) is 37.3 Å². The molecule has 3 N–H and O–H groups in total. The molecule has 7 atom stereocenters. The molecule has 63 heavy (non-hydrogen) atoms. The molecule has 1 aromatic heterocycles. The number of ether oxygens (including phenoxy) is 3. The Hall–Kier alpha value is -5.44. The van der Waals surface area contributed by atoms with Gasteiger partial charge in [0.25, 0.3) is 5.91 Å². The number of nitrogens with zero attached hydrogens (tertiary/aromatic N) is 2. The molecular formula is C48H57N5O9S. The first-order valence-electron chi connectivity index (χ1n) is 22.7. The van der Waals surface area contributed by atoms with Crippen molar-refractivity contribution in [1.82, 2.24) is 25.2 Å². The van der Waals surface area contributed by atoms with Gasteiger partial charge in [0, 0.05) is 17.7 Å². The van der Waals surface area contributed by atoms with E-state index >= 15 is 4.79 Å². The third-order valence-electron chi connectivity index (χ3n) is 14.0. The van der Waals surface area contributed by atoms with Gasteiger partial charge in [-0.1, -0.05) is 73.5 Å². The Morgan fingerprint density at radius 3 is 2.46 bits per heavy atom. The van der Waals surface area contributed by atoms with Crippen molar-refractivity contribution in [2.45, 2.75) is 132 Å². The van der Waals surface area contributed by atoms with E-state index in [1.807, 2.05) is 54.6 Å². The summed E-state index contributed by atoms with van der Waals surface area (Å²) < 4.78 is 47.6. The van der Waals surface area contributed by atoms with Crippen LogP contribution in [0, 0.1) is 17.8 Å². The van der Waals surface area contributed by atoms with Gasteiger partial charge in [0.1, 0.15) is 42.2 Å². The highest BCUT2D eigenvalue weighted by Crippen LogP contribution is 2.46. The van der Waals surface area contributed by atoms with E-state index in [4.69, 9.17) is 19.2 Å². The maximum absolute atomic E-state index is 15.1. The summed E-state index contributed by atoms with van der Waals surface area (Å²) in [5, 5.41) is 6.02. The number of carbonyl (C=O) groups excluding carboxylic acids is 4. The quantitative estimate of drug-likeness (QED) is 0.199. The number of sulfonamides is 1. The molecule has 2 bridgehead atoms. The summed E-state index contributed by atoms with van der Waals surface area (Å²) >= 11 is 0. The van der Waals surface area contributed by atoms with Crippen LogP contribution in [0.3, 0.4) is 0 Å². The zero-order chi connectivity index (χ0) is 43.7. The number of carbonyl (C=O) groups is 4. The zero-order valence-electron chi connectivity index (χ0n) is 35.5. The molecule has 5 fully saturated rings. The fraction of sp³-hybridized carbons (Fsp3) is 0.521. The zero-order valence-corrected chi connectivity index (χ0v) is 36.4. The van der Waals surface area contributed by atoms with Crippen molar-refractivity contribution < 1.29 is 41.8 Å². The van der Waals surface area contributed by atoms with Gasteiger partial charge in [0.2, 0.25) is 27.7 Å². The molecule has 3 aromatic rings. The highest BCUT2D eigenvalue weighted by atomic mass is 32.2. The van der Waals surface area contributed by atoms with Crippen LogP contribution in [-0.4, -0.2) is 83.7 Å². The summed E-state index contributed by atoms with van der Waals surface area (Å²) in [6.45, 7) is 4.12. The molecular weight excluding hydrogens is 823 g/mol. The van der Waals surface area contributed by atoms with Crippen molar-refractivity contribution in [2.75, 3.05) is 6.54 Å². The summed E-state index contributed by atoms with van der Waals surface area (Å²) in [5.41, 5.74) is 0.812. The first-order valence-corrected chi connectivity index (χ1v) is 24.3. The SMILES string of the molecule is C=C[C@@H]1C[C@]1(NC(=O)[C@@H]1C[C@@H]2CN1C(=O)[C@H](C1CCCC1)NC(=O)O[C@@H]1CCC[C@H]1CC/C=C/Cc1c(nc3ccccc3c1OCc1ccccc1)O2)C(=O)NS(=O)(=O)C1CC1. The fourth-order valence-corrected chi connectivity index (χ4v) is 11.6. The van der Waals surface area contributed by atoms with Gasteiger partial charge >= 0.3 is 6.09 Å². The number of alkyl carbamates (subject to hydrolysis) is 1. The maximum atomic E-state index is 15.1. The van der Waals surface area contributed by atoms with Gasteiger partial charge in [-0.3, -0.25) is 19.1 Å². The van der Waals surface area contributed by atoms with Gasteiger partial charge in [-0.15, -0.1) is 6.58 Å². The minimum atomic E-state index is -3.92. The molecule has 14 nitrogen and oxygen atoms in total. The molecule has 9 rings (SSSR count). The Kier molecular flexibility index (Phi) is 12.2. The van der Waals surface area contributed by atoms with Gasteiger partial charge in [-0.2, -0.15) is 0 Å². The number of fused-ring (bicyclic) bond motifs is 5. The standard InChI is InChI=1S/C48H57N5O9S/c1-2-33-27-48(33,46(56)52-63(58,59)35-24-25-35)51-43(54)39-26-34-28-53(39)45(55)41(32-17-9-10-18-32)50-47(57)62-40-23-13-19-31(40)16-7-4-8-21-37-42(60-29-30-14-5-3-6-15-30)36-20-11-12-22-38(36)49-44(37)61-34/h2-6,8,11-12,14-15,20,22,31-35,39-41H,1,7,9-10,13,16-19,21,23-29H2,(H,50,57)(H,51,54)(H,52,56)/b8-4+/t31-,33-,34-,39+,40-,41+,48-/m1/s1. The molecule has 2 aromatic carbocycles. The van der Waals surface area contributed by atoms with E-state index in [1.54, 1.807) is 0 Å². The van der Waals surface area contributed by atoms with Crippen LogP contribution in [0.5, 0.6) is 11.6 Å². The number of hydrogen-bond donors (Lipinski definition) is 3. The highest BCUT2D eigenvalue weighted by molar-refractivity contribution is 7.91. The minimum absolute atomic E-state index is 0.0221. The number of benzene rings is 2. The molecule has 15 heteroatoms. The number of rotatable bonds is 10. The lowest BCUT2D eigenvalue weighted by molar-refractivity contribution is -0.142. The third kappa shape index (κ3) is 9.16. The molecule has 334 valence electrons. The van der Waals surface area contributed by atoms with E-state index < -0.39 is 68.7 Å². The second-order valence-corrected chi connectivity index (χ2v) is 20.2. The average Bonchev–Trinajstić information content (AvgIpc) is 4.07. The topological polar surface area (TPSA) is 182 Å². The van der Waals surface area contributed by atoms with E-state index in [2.05, 4.69) is 34.1 Å². The van der Waals surface area contributed by atoms with E-state index in [0.29, 0.717) is 43.0 Å². The van der Waals surface area contributed by atoms with Gasteiger partial charge in [0.05, 0.1) is 22.9 Å². The Labute approximate surface area is 368 Å². The molecule has 4 saturated carbocycles. The summed E-state index contributed by atoms with van der Waals surface area (Å²) in [6.07, 6.45) is 13.1. The molecule has 0 spiro atoms. The van der Waals surface area contributed by atoms with Gasteiger partial charge < -0.3 is 29.7 Å². The van der Waals surface area contributed by atoms with Gasteiger partial charge in [0.15, 0.2) is 0 Å². The Morgan fingerprint density at radius 1 is 0.937 bits per heavy atom. The summed E-state index contributed by atoms with van der Waals surface area (Å²) in [4.78, 5) is 63.7. The van der Waals surface area contributed by atoms with E-state index in [9.17, 15) is 22.8 Å². The Morgan fingerprint density at radius 2 is 1.70 bits per heavy atom. The molecule has 2 aliphatic heterocycles. The number of amides is 4. The second kappa shape index (κ2) is 18.0. The van der Waals surface area contributed by atoms with Crippen molar-refractivity contribution >= 4 is 44.7 Å². The van der Waals surface area contributed by atoms with Crippen molar-refractivity contribution in [3.63, 3.8) is 0 Å². The predicted molar refractivity (Wildman–Crippen MR) is 235 cm³/mol. The van der Waals surface area contributed by atoms with Crippen LogP contribution in [-0.2, 0) is 42.2 Å². The Bertz CT molecular complexity index is 2380. The van der Waals surface area contributed by atoms with Crippen LogP contribution in [0.15, 0.2) is 79.4 Å². The molecule has 4 amide bonds. The minimum Gasteiger partial charge on any atom is -0.488 e. The molecule has 4 aliphatic carbocycles. The average molecular weight is 880 g/mol. The summed E-state index contributed by atoms with van der Waals surface area (Å²) in [6, 6.07) is 15.5. The van der Waals surface area contributed by atoms with Crippen LogP contribution < -0.4 is 24.8 Å². The summed E-state index contributed by atoms with van der Waals surface area (Å²) in [5.74, 6) is -1.48. The number of hydrogen-bond acceptors (Lipinski definition) is 10. The molecule has 6 aliphatic rings. The number of pyridine rings is 1. The van der Waals surface area contributed by atoms with Crippen LogP contribution >= 0.6 is 0 Å².